The van der Waals surface area contributed by atoms with Crippen LogP contribution in [-0.4, -0.2) is 25.9 Å². The van der Waals surface area contributed by atoms with Crippen molar-refractivity contribution in [3.63, 3.8) is 0 Å². The molecule has 10 heteroatoms. The minimum Gasteiger partial charge on any atom is -0.484 e. The molecular formula is C16H16N4O4S2. The number of carbonyl (C=O) groups excluding carboxylic acids is 1. The summed E-state index contributed by atoms with van der Waals surface area (Å²) in [5.41, 5.74) is 9.43. The van der Waals surface area contributed by atoms with Crippen LogP contribution in [-0.2, 0) is 14.8 Å². The second-order valence-corrected chi connectivity index (χ2v) is 8.18. The molecule has 1 aromatic heterocycles. The second kappa shape index (κ2) is 7.28. The Morgan fingerprint density at radius 1 is 1.23 bits per heavy atom. The van der Waals surface area contributed by atoms with Crippen molar-refractivity contribution in [1.29, 1.82) is 0 Å². The fourth-order valence-corrected chi connectivity index (χ4v) is 3.72. The van der Waals surface area contributed by atoms with Gasteiger partial charge < -0.3 is 10.5 Å². The van der Waals surface area contributed by atoms with Crippen molar-refractivity contribution in [2.45, 2.75) is 11.8 Å². The Balaban J connectivity index is 1.55. The van der Waals surface area contributed by atoms with E-state index in [0.717, 1.165) is 15.8 Å². The van der Waals surface area contributed by atoms with Crippen LogP contribution in [0.3, 0.4) is 0 Å². The van der Waals surface area contributed by atoms with Crippen molar-refractivity contribution in [3.8, 4) is 5.75 Å². The van der Waals surface area contributed by atoms with Crippen LogP contribution in [0.15, 0.2) is 47.4 Å². The molecule has 0 unspecified atom stereocenters. The number of carbonyl (C=O) groups is 1. The number of thiazole rings is 1. The largest absolute Gasteiger partial charge is 0.484 e. The summed E-state index contributed by atoms with van der Waals surface area (Å²) >= 11 is 1.31. The van der Waals surface area contributed by atoms with Gasteiger partial charge in [-0.2, -0.15) is 0 Å². The van der Waals surface area contributed by atoms with Crippen LogP contribution in [0.2, 0.25) is 0 Å². The predicted octanol–water partition coefficient (Wildman–Crippen LogP) is 1.58. The van der Waals surface area contributed by atoms with Crippen molar-refractivity contribution in [2.24, 2.45) is 0 Å². The third-order valence-electron chi connectivity index (χ3n) is 3.40. The number of nitrogens with zero attached hydrogens (tertiary/aromatic N) is 1. The number of nitrogen functional groups attached to an aromatic ring is 1. The number of anilines is 1. The molecule has 3 aromatic rings. The third kappa shape index (κ3) is 4.28. The molecule has 4 N–H and O–H groups in total. The topological polar surface area (TPSA) is 123 Å². The molecule has 1 amide bonds. The summed E-state index contributed by atoms with van der Waals surface area (Å²) in [5, 5.41) is 0.445. The van der Waals surface area contributed by atoms with Crippen LogP contribution in [0.1, 0.15) is 5.56 Å². The number of nitrogens with two attached hydrogens (primary N) is 1. The zero-order chi connectivity index (χ0) is 18.7. The minimum atomic E-state index is -3.84. The van der Waals surface area contributed by atoms with Crippen LogP contribution >= 0.6 is 11.3 Å². The number of amides is 1. The Morgan fingerprint density at radius 2 is 1.96 bits per heavy atom. The number of fused-ring (bicyclic) bond motifs is 1. The van der Waals surface area contributed by atoms with Crippen LogP contribution in [0.25, 0.3) is 10.2 Å². The van der Waals surface area contributed by atoms with E-state index in [1.807, 2.05) is 11.8 Å². The quantitative estimate of drug-likeness (QED) is 0.547. The molecule has 0 aliphatic carbocycles. The maximum Gasteiger partial charge on any atom is 0.272 e. The average Bonchev–Trinajstić information content (AvgIpc) is 2.98. The van der Waals surface area contributed by atoms with Crippen LogP contribution in [0.4, 0.5) is 5.13 Å². The first-order valence-corrected chi connectivity index (χ1v) is 9.80. The van der Waals surface area contributed by atoms with E-state index in [1.54, 1.807) is 30.3 Å². The van der Waals surface area contributed by atoms with Crippen molar-refractivity contribution >= 4 is 42.6 Å². The fraction of sp³-hybridized carbons (Fsp3) is 0.125. The number of aryl methyl sites for hydroxylation is 1. The van der Waals surface area contributed by atoms with Gasteiger partial charge in [0.1, 0.15) is 5.75 Å². The van der Waals surface area contributed by atoms with Gasteiger partial charge in [0.2, 0.25) is 0 Å². The van der Waals surface area contributed by atoms with E-state index in [9.17, 15) is 13.2 Å². The highest BCUT2D eigenvalue weighted by molar-refractivity contribution is 7.89. The monoisotopic (exact) mass is 392 g/mol. The Hall–Kier alpha value is -2.69. The number of hydrogen-bond acceptors (Lipinski definition) is 7. The van der Waals surface area contributed by atoms with Crippen molar-refractivity contribution in [2.75, 3.05) is 12.3 Å². The normalized spacial score (nSPS) is 11.4. The molecule has 3 rings (SSSR count). The lowest BCUT2D eigenvalue weighted by atomic mass is 10.2. The first-order valence-electron chi connectivity index (χ1n) is 7.50. The molecule has 136 valence electrons. The highest BCUT2D eigenvalue weighted by Crippen LogP contribution is 2.27. The zero-order valence-corrected chi connectivity index (χ0v) is 15.4. The van der Waals surface area contributed by atoms with Gasteiger partial charge in [-0.15, -0.1) is 4.83 Å². The number of sulfonamides is 1. The van der Waals surface area contributed by atoms with Crippen molar-refractivity contribution < 1.29 is 17.9 Å². The summed E-state index contributed by atoms with van der Waals surface area (Å²) < 4.78 is 30.4. The molecule has 0 aliphatic rings. The molecule has 0 saturated carbocycles. The van der Waals surface area contributed by atoms with Crippen molar-refractivity contribution in [1.82, 2.24) is 15.2 Å². The number of hydrogen-bond donors (Lipinski definition) is 3. The second-order valence-electron chi connectivity index (χ2n) is 5.44. The predicted molar refractivity (Wildman–Crippen MR) is 99.2 cm³/mol. The van der Waals surface area contributed by atoms with Gasteiger partial charge in [-0.1, -0.05) is 29.0 Å². The van der Waals surface area contributed by atoms with Gasteiger partial charge in [-0.3, -0.25) is 10.2 Å². The summed E-state index contributed by atoms with van der Waals surface area (Å²) in [7, 11) is -3.84. The summed E-state index contributed by atoms with van der Waals surface area (Å²) in [4.78, 5) is 18.0. The Bertz CT molecular complexity index is 1050. The van der Waals surface area contributed by atoms with E-state index >= 15 is 0 Å². The van der Waals surface area contributed by atoms with E-state index < -0.39 is 15.9 Å². The molecule has 0 atom stereocenters. The molecule has 0 spiro atoms. The lowest BCUT2D eigenvalue weighted by Crippen LogP contribution is -2.43. The number of hydrazine groups is 1. The molecule has 1 heterocycles. The van der Waals surface area contributed by atoms with Crippen LogP contribution in [0.5, 0.6) is 5.75 Å². The Labute approximate surface area is 154 Å². The molecule has 0 fully saturated rings. The summed E-state index contributed by atoms with van der Waals surface area (Å²) in [6.07, 6.45) is 0. The van der Waals surface area contributed by atoms with Gasteiger partial charge in [0.05, 0.1) is 15.1 Å². The van der Waals surface area contributed by atoms with E-state index in [4.69, 9.17) is 10.5 Å². The standard InChI is InChI=1S/C16H16N4O4S2/c1-10-2-5-12(6-3-10)26(22,23)20-19-15(21)9-24-11-4-7-13-14(8-11)25-16(17)18-13/h2-8,20H,9H2,1H3,(H2,17,18)(H,19,21). The minimum absolute atomic E-state index is 0.0533. The number of nitrogens with one attached hydrogen (secondary N) is 2. The van der Waals surface area contributed by atoms with E-state index in [2.05, 4.69) is 10.4 Å². The van der Waals surface area contributed by atoms with Gasteiger partial charge in [0.15, 0.2) is 11.7 Å². The zero-order valence-electron chi connectivity index (χ0n) is 13.7. The van der Waals surface area contributed by atoms with E-state index in [0.29, 0.717) is 10.9 Å². The summed E-state index contributed by atoms with van der Waals surface area (Å²) in [5.74, 6) is -0.178. The lowest BCUT2D eigenvalue weighted by molar-refractivity contribution is -0.123. The maximum absolute atomic E-state index is 12.1. The van der Waals surface area contributed by atoms with Crippen molar-refractivity contribution in [3.05, 3.63) is 48.0 Å². The maximum atomic E-state index is 12.1. The van der Waals surface area contributed by atoms with E-state index in [-0.39, 0.29) is 11.5 Å². The number of aromatic nitrogens is 1. The molecule has 0 saturated heterocycles. The van der Waals surface area contributed by atoms with Gasteiger partial charge in [0.25, 0.3) is 15.9 Å². The van der Waals surface area contributed by atoms with Gasteiger partial charge in [0, 0.05) is 0 Å². The first kappa shape index (κ1) is 18.1. The molecule has 0 bridgehead atoms. The SMILES string of the molecule is Cc1ccc(S(=O)(=O)NNC(=O)COc2ccc3nc(N)sc3c2)cc1. The van der Waals surface area contributed by atoms with E-state index in [1.165, 1.54) is 23.5 Å². The third-order valence-corrected chi connectivity index (χ3v) is 5.51. The fourth-order valence-electron chi connectivity index (χ4n) is 2.10. The van der Waals surface area contributed by atoms with Gasteiger partial charge in [-0.25, -0.2) is 13.4 Å². The summed E-state index contributed by atoms with van der Waals surface area (Å²) in [6.45, 7) is 1.50. The number of benzene rings is 2. The smallest absolute Gasteiger partial charge is 0.272 e. The first-order chi connectivity index (χ1) is 12.3. The molecule has 0 aliphatic heterocycles. The molecule has 8 nitrogen and oxygen atoms in total. The van der Waals surface area contributed by atoms with Gasteiger partial charge >= 0.3 is 0 Å². The molecular weight excluding hydrogens is 376 g/mol. The highest BCUT2D eigenvalue weighted by Gasteiger charge is 2.15. The molecule has 26 heavy (non-hydrogen) atoms. The lowest BCUT2D eigenvalue weighted by Gasteiger charge is -2.09. The van der Waals surface area contributed by atoms with Crippen LogP contribution in [0, 0.1) is 6.92 Å². The average molecular weight is 392 g/mol. The Morgan fingerprint density at radius 3 is 2.69 bits per heavy atom. The molecule has 2 aromatic carbocycles. The molecule has 0 radical (unpaired) electrons. The number of rotatable bonds is 6. The van der Waals surface area contributed by atoms with Crippen LogP contribution < -0.4 is 20.7 Å². The van der Waals surface area contributed by atoms with Gasteiger partial charge in [-0.05, 0) is 37.3 Å². The Kier molecular flexibility index (Phi) is 5.07. The summed E-state index contributed by atoms with van der Waals surface area (Å²) in [6, 6.07) is 11.4. The highest BCUT2D eigenvalue weighted by atomic mass is 32.2. The number of ether oxygens (including phenoxy) is 1.